The fourth-order valence-corrected chi connectivity index (χ4v) is 1.48. The molecule has 0 nitrogen and oxygen atoms in total. The summed E-state index contributed by atoms with van der Waals surface area (Å²) in [7, 11) is 0. The number of aryl methyl sites for hydroxylation is 1. The van der Waals surface area contributed by atoms with Crippen LogP contribution in [0.2, 0.25) is 0 Å². The Balaban J connectivity index is 3.04. The second-order valence-corrected chi connectivity index (χ2v) is 3.78. The molecule has 0 aliphatic rings. The second kappa shape index (κ2) is 4.84. The molecule has 0 spiro atoms. The normalized spacial score (nSPS) is 12.3. The van der Waals surface area contributed by atoms with E-state index in [1.807, 2.05) is 6.08 Å². The van der Waals surface area contributed by atoms with E-state index in [0.29, 0.717) is 5.33 Å². The lowest BCUT2D eigenvalue weighted by Gasteiger charge is -2.10. The summed E-state index contributed by atoms with van der Waals surface area (Å²) < 4.78 is 37.2. The number of hydrogen-bond acceptors (Lipinski definition) is 0. The molecule has 0 aromatic heterocycles. The molecule has 0 atom stereocenters. The minimum atomic E-state index is -4.26. The van der Waals surface area contributed by atoms with Gasteiger partial charge in [0.05, 0.1) is 5.56 Å². The first-order valence-corrected chi connectivity index (χ1v) is 5.47. The van der Waals surface area contributed by atoms with Gasteiger partial charge in [0.25, 0.3) is 0 Å². The van der Waals surface area contributed by atoms with Gasteiger partial charge < -0.3 is 0 Å². The van der Waals surface area contributed by atoms with Crippen molar-refractivity contribution >= 4 is 22.0 Å². The zero-order valence-electron chi connectivity index (χ0n) is 8.11. The van der Waals surface area contributed by atoms with Crippen LogP contribution in [-0.2, 0) is 6.18 Å². The maximum Gasteiger partial charge on any atom is 0.416 e. The van der Waals surface area contributed by atoms with Crippen LogP contribution in [0.3, 0.4) is 0 Å². The molecule has 1 rings (SSSR count). The van der Waals surface area contributed by atoms with Gasteiger partial charge in [-0.15, -0.1) is 0 Å². The van der Waals surface area contributed by atoms with E-state index in [1.54, 1.807) is 6.08 Å². The summed E-state index contributed by atoms with van der Waals surface area (Å²) in [4.78, 5) is 0. The van der Waals surface area contributed by atoms with Crippen molar-refractivity contribution < 1.29 is 13.2 Å². The Bertz CT molecular complexity index is 367. The van der Waals surface area contributed by atoms with Crippen molar-refractivity contribution in [2.45, 2.75) is 13.1 Å². The number of allylic oxidation sites excluding steroid dienone is 1. The van der Waals surface area contributed by atoms with Crippen molar-refractivity contribution in [3.05, 3.63) is 41.0 Å². The van der Waals surface area contributed by atoms with Crippen molar-refractivity contribution in [2.75, 3.05) is 5.33 Å². The molecule has 0 heterocycles. The van der Waals surface area contributed by atoms with Gasteiger partial charge in [0.1, 0.15) is 0 Å². The van der Waals surface area contributed by atoms with Crippen molar-refractivity contribution in [1.29, 1.82) is 0 Å². The van der Waals surface area contributed by atoms with E-state index in [4.69, 9.17) is 0 Å². The van der Waals surface area contributed by atoms with Crippen molar-refractivity contribution in [2.24, 2.45) is 0 Å². The Morgan fingerprint density at radius 1 is 1.33 bits per heavy atom. The molecule has 1 aromatic rings. The molecule has 0 saturated carbocycles. The summed E-state index contributed by atoms with van der Waals surface area (Å²) >= 11 is 3.20. The van der Waals surface area contributed by atoms with Gasteiger partial charge in [-0.05, 0) is 24.1 Å². The molecule has 82 valence electrons. The Labute approximate surface area is 94.9 Å². The average Bonchev–Trinajstić information content (AvgIpc) is 2.12. The van der Waals surface area contributed by atoms with E-state index < -0.39 is 11.7 Å². The minimum Gasteiger partial charge on any atom is -0.166 e. The van der Waals surface area contributed by atoms with E-state index in [1.165, 1.54) is 19.1 Å². The molecular weight excluding hydrogens is 269 g/mol. The van der Waals surface area contributed by atoms with Crippen molar-refractivity contribution in [3.63, 3.8) is 0 Å². The minimum absolute atomic E-state index is 0.249. The Kier molecular flexibility index (Phi) is 3.97. The molecule has 0 N–H and O–H groups in total. The average molecular weight is 279 g/mol. The summed E-state index contributed by atoms with van der Waals surface area (Å²) in [5.74, 6) is 0. The fraction of sp³-hybridized carbons (Fsp3) is 0.273. The lowest BCUT2D eigenvalue weighted by Crippen LogP contribution is -2.07. The summed E-state index contributed by atoms with van der Waals surface area (Å²) in [6.07, 6.45) is -0.647. The highest BCUT2D eigenvalue weighted by Gasteiger charge is 2.31. The van der Waals surface area contributed by atoms with E-state index in [-0.39, 0.29) is 5.56 Å². The monoisotopic (exact) mass is 278 g/mol. The predicted octanol–water partition coefficient (Wildman–Crippen LogP) is 4.42. The molecule has 0 amide bonds. The third-order valence-corrected chi connectivity index (χ3v) is 2.33. The van der Waals surface area contributed by atoms with Crippen LogP contribution in [-0.4, -0.2) is 5.33 Å². The van der Waals surface area contributed by atoms with Crippen LogP contribution in [0.1, 0.15) is 16.7 Å². The first kappa shape index (κ1) is 12.3. The molecule has 0 saturated heterocycles. The third kappa shape index (κ3) is 3.38. The smallest absolute Gasteiger partial charge is 0.166 e. The van der Waals surface area contributed by atoms with Crippen LogP contribution in [0.25, 0.3) is 6.08 Å². The molecule has 0 bridgehead atoms. The zero-order valence-corrected chi connectivity index (χ0v) is 9.69. The first-order chi connectivity index (χ1) is 6.95. The first-order valence-electron chi connectivity index (χ1n) is 4.35. The third-order valence-electron chi connectivity index (χ3n) is 1.96. The van der Waals surface area contributed by atoms with Crippen LogP contribution >= 0.6 is 15.9 Å². The topological polar surface area (TPSA) is 0 Å². The largest absolute Gasteiger partial charge is 0.416 e. The van der Waals surface area contributed by atoms with Gasteiger partial charge in [-0.3, -0.25) is 0 Å². The Morgan fingerprint density at radius 2 is 2.00 bits per heavy atom. The number of benzene rings is 1. The summed E-state index contributed by atoms with van der Waals surface area (Å²) in [5, 5.41) is 0.688. The molecule has 0 radical (unpaired) electrons. The van der Waals surface area contributed by atoms with E-state index >= 15 is 0 Å². The quantitative estimate of drug-likeness (QED) is 0.703. The summed E-state index contributed by atoms with van der Waals surface area (Å²) in [6.45, 7) is 1.47. The van der Waals surface area contributed by atoms with E-state index in [9.17, 15) is 13.2 Å². The van der Waals surface area contributed by atoms with Gasteiger partial charge in [0.15, 0.2) is 0 Å². The highest BCUT2D eigenvalue weighted by atomic mass is 79.9. The highest BCUT2D eigenvalue weighted by molar-refractivity contribution is 9.09. The van der Waals surface area contributed by atoms with Gasteiger partial charge in [-0.1, -0.05) is 40.2 Å². The van der Waals surface area contributed by atoms with E-state index in [2.05, 4.69) is 15.9 Å². The summed E-state index contributed by atoms with van der Waals surface area (Å²) in [5.41, 5.74) is 0.456. The molecule has 0 unspecified atom stereocenters. The molecular formula is C11H10BrF3. The van der Waals surface area contributed by atoms with Gasteiger partial charge in [0, 0.05) is 5.33 Å². The van der Waals surface area contributed by atoms with Crippen LogP contribution in [0, 0.1) is 6.92 Å². The maximum atomic E-state index is 12.4. The summed E-state index contributed by atoms with van der Waals surface area (Å²) in [6, 6.07) is 4.11. The molecule has 0 fully saturated rings. The second-order valence-electron chi connectivity index (χ2n) is 3.13. The van der Waals surface area contributed by atoms with Gasteiger partial charge in [-0.25, -0.2) is 0 Å². The number of hydrogen-bond donors (Lipinski definition) is 0. The van der Waals surface area contributed by atoms with Crippen molar-refractivity contribution in [1.82, 2.24) is 0 Å². The van der Waals surface area contributed by atoms with Crippen LogP contribution in [0.5, 0.6) is 0 Å². The lowest BCUT2D eigenvalue weighted by atomic mass is 10.0. The number of rotatable bonds is 2. The molecule has 0 aliphatic heterocycles. The van der Waals surface area contributed by atoms with Crippen LogP contribution < -0.4 is 0 Å². The van der Waals surface area contributed by atoms with E-state index in [0.717, 1.165) is 11.6 Å². The maximum absolute atomic E-state index is 12.4. The Hall–Kier alpha value is -0.770. The van der Waals surface area contributed by atoms with Crippen LogP contribution in [0.4, 0.5) is 13.2 Å². The van der Waals surface area contributed by atoms with Gasteiger partial charge in [-0.2, -0.15) is 13.2 Å². The number of alkyl halides is 4. The highest BCUT2D eigenvalue weighted by Crippen LogP contribution is 2.32. The predicted molar refractivity (Wildman–Crippen MR) is 59.0 cm³/mol. The van der Waals surface area contributed by atoms with Gasteiger partial charge in [0.2, 0.25) is 0 Å². The SMILES string of the molecule is Cc1cc(C=CCBr)ccc1C(F)(F)F. The van der Waals surface area contributed by atoms with Crippen LogP contribution in [0.15, 0.2) is 24.3 Å². The van der Waals surface area contributed by atoms with Crippen molar-refractivity contribution in [3.8, 4) is 0 Å². The van der Waals surface area contributed by atoms with Gasteiger partial charge >= 0.3 is 6.18 Å². The number of halogens is 4. The lowest BCUT2D eigenvalue weighted by molar-refractivity contribution is -0.138. The Morgan fingerprint density at radius 3 is 2.47 bits per heavy atom. The molecule has 0 aliphatic carbocycles. The molecule has 4 heteroatoms. The molecule has 15 heavy (non-hydrogen) atoms. The molecule has 1 aromatic carbocycles. The fourth-order valence-electron chi connectivity index (χ4n) is 1.29. The standard InChI is InChI=1S/C11H10BrF3/c1-8-7-9(3-2-6-12)4-5-10(8)11(13,14)15/h2-5,7H,6H2,1H3. The zero-order chi connectivity index (χ0) is 11.5.